The van der Waals surface area contributed by atoms with Crippen LogP contribution in [0.5, 0.6) is 0 Å². The molecule has 0 aliphatic carbocycles. The lowest BCUT2D eigenvalue weighted by molar-refractivity contribution is -0.144. The fraction of sp³-hybridized carbons (Fsp3) is 0.455. The standard InChI is InChI=1S/C11H11F3N4O2/c1-5-7(3-4-8(19)20)6(2)18-10(15-5)16-9(17-18)11(12,13)14/h3-4H2,1-2H3,(H,19,20). The van der Waals surface area contributed by atoms with E-state index < -0.39 is 18.0 Å². The first-order chi connectivity index (χ1) is 9.20. The molecule has 6 nitrogen and oxygen atoms in total. The van der Waals surface area contributed by atoms with Crippen molar-refractivity contribution in [3.8, 4) is 0 Å². The highest BCUT2D eigenvalue weighted by atomic mass is 19.4. The minimum atomic E-state index is -4.64. The molecule has 2 rings (SSSR count). The smallest absolute Gasteiger partial charge is 0.453 e. The summed E-state index contributed by atoms with van der Waals surface area (Å²) in [7, 11) is 0. The van der Waals surface area contributed by atoms with Gasteiger partial charge in [-0.05, 0) is 25.8 Å². The van der Waals surface area contributed by atoms with Gasteiger partial charge in [0.15, 0.2) is 0 Å². The van der Waals surface area contributed by atoms with Crippen LogP contribution in [0, 0.1) is 13.8 Å². The average molecular weight is 288 g/mol. The number of alkyl halides is 3. The molecule has 2 heterocycles. The van der Waals surface area contributed by atoms with Crippen molar-refractivity contribution in [1.29, 1.82) is 0 Å². The Balaban J connectivity index is 2.54. The van der Waals surface area contributed by atoms with Gasteiger partial charge < -0.3 is 5.11 Å². The Kier molecular flexibility index (Phi) is 3.36. The zero-order valence-corrected chi connectivity index (χ0v) is 10.7. The lowest BCUT2D eigenvalue weighted by Gasteiger charge is -2.08. The first kappa shape index (κ1) is 14.2. The topological polar surface area (TPSA) is 80.4 Å². The first-order valence-electron chi connectivity index (χ1n) is 5.72. The Morgan fingerprint density at radius 2 is 1.95 bits per heavy atom. The van der Waals surface area contributed by atoms with E-state index in [0.717, 1.165) is 4.52 Å². The number of rotatable bonds is 3. The van der Waals surface area contributed by atoms with Gasteiger partial charge in [0.25, 0.3) is 11.6 Å². The van der Waals surface area contributed by atoms with Crippen LogP contribution < -0.4 is 0 Å². The third-order valence-electron chi connectivity index (χ3n) is 2.89. The summed E-state index contributed by atoms with van der Waals surface area (Å²) in [6.45, 7) is 3.17. The minimum absolute atomic E-state index is 0.129. The number of hydrogen-bond donors (Lipinski definition) is 1. The number of hydrogen-bond acceptors (Lipinski definition) is 4. The van der Waals surface area contributed by atoms with E-state index in [1.54, 1.807) is 13.8 Å². The van der Waals surface area contributed by atoms with E-state index in [4.69, 9.17) is 5.11 Å². The molecule has 0 aromatic carbocycles. The summed E-state index contributed by atoms with van der Waals surface area (Å²) in [5.41, 5.74) is 1.44. The number of aromatic nitrogens is 4. The second kappa shape index (κ2) is 4.73. The Labute approximate surface area is 111 Å². The second-order valence-electron chi connectivity index (χ2n) is 4.30. The van der Waals surface area contributed by atoms with E-state index >= 15 is 0 Å². The van der Waals surface area contributed by atoms with Gasteiger partial charge in [0, 0.05) is 17.8 Å². The lowest BCUT2D eigenvalue weighted by Crippen LogP contribution is -2.09. The van der Waals surface area contributed by atoms with E-state index in [9.17, 15) is 18.0 Å². The highest BCUT2D eigenvalue weighted by Gasteiger charge is 2.36. The molecule has 108 valence electrons. The fourth-order valence-corrected chi connectivity index (χ4v) is 1.92. The normalized spacial score (nSPS) is 12.1. The van der Waals surface area contributed by atoms with Crippen LogP contribution in [0.1, 0.15) is 29.2 Å². The second-order valence-corrected chi connectivity index (χ2v) is 4.30. The third-order valence-corrected chi connectivity index (χ3v) is 2.89. The molecule has 0 saturated heterocycles. The van der Waals surface area contributed by atoms with Crippen molar-refractivity contribution in [2.24, 2.45) is 0 Å². The molecule has 0 fully saturated rings. The first-order valence-corrected chi connectivity index (χ1v) is 5.72. The van der Waals surface area contributed by atoms with Gasteiger partial charge in [-0.15, -0.1) is 5.10 Å². The molecular formula is C11H11F3N4O2. The Hall–Kier alpha value is -2.19. The summed E-state index contributed by atoms with van der Waals surface area (Å²) in [5.74, 6) is -2.40. The van der Waals surface area contributed by atoms with Crippen molar-refractivity contribution in [1.82, 2.24) is 19.6 Å². The summed E-state index contributed by atoms with van der Waals surface area (Å²) in [6, 6.07) is 0. The Bertz CT molecular complexity index is 678. The van der Waals surface area contributed by atoms with Gasteiger partial charge in [0.2, 0.25) is 0 Å². The zero-order chi connectivity index (χ0) is 15.1. The van der Waals surface area contributed by atoms with Gasteiger partial charge in [-0.25, -0.2) is 9.50 Å². The molecule has 0 atom stereocenters. The van der Waals surface area contributed by atoms with Crippen molar-refractivity contribution in [3.63, 3.8) is 0 Å². The third kappa shape index (κ3) is 2.56. The summed E-state index contributed by atoms with van der Waals surface area (Å²) in [4.78, 5) is 17.9. The number of carboxylic acid groups (broad SMARTS) is 1. The summed E-state index contributed by atoms with van der Waals surface area (Å²) in [6.07, 6.45) is -4.60. The number of nitrogens with zero attached hydrogens (tertiary/aromatic N) is 4. The zero-order valence-electron chi connectivity index (χ0n) is 10.7. The largest absolute Gasteiger partial charge is 0.481 e. The van der Waals surface area contributed by atoms with Crippen molar-refractivity contribution in [3.05, 3.63) is 22.8 Å². The van der Waals surface area contributed by atoms with Crippen molar-refractivity contribution in [2.75, 3.05) is 0 Å². The van der Waals surface area contributed by atoms with Crippen LogP contribution in [-0.2, 0) is 17.4 Å². The maximum absolute atomic E-state index is 12.6. The molecule has 0 aliphatic rings. The molecule has 0 spiro atoms. The summed E-state index contributed by atoms with van der Waals surface area (Å²) >= 11 is 0. The maximum atomic E-state index is 12.6. The van der Waals surface area contributed by atoms with Crippen LogP contribution in [0.3, 0.4) is 0 Å². The highest BCUT2D eigenvalue weighted by Crippen LogP contribution is 2.27. The van der Waals surface area contributed by atoms with Crippen LogP contribution in [-0.4, -0.2) is 30.7 Å². The number of carboxylic acids is 1. The molecule has 0 radical (unpaired) electrons. The van der Waals surface area contributed by atoms with Crippen LogP contribution >= 0.6 is 0 Å². The van der Waals surface area contributed by atoms with E-state index in [0.29, 0.717) is 17.0 Å². The molecule has 2 aromatic rings. The number of aryl methyl sites for hydroxylation is 2. The van der Waals surface area contributed by atoms with Gasteiger partial charge in [-0.2, -0.15) is 18.2 Å². The maximum Gasteiger partial charge on any atom is 0.453 e. The Morgan fingerprint density at radius 3 is 2.50 bits per heavy atom. The molecule has 1 N–H and O–H groups in total. The molecule has 0 amide bonds. The van der Waals surface area contributed by atoms with Crippen LogP contribution in [0.15, 0.2) is 0 Å². The van der Waals surface area contributed by atoms with Gasteiger partial charge >= 0.3 is 12.1 Å². The molecule has 0 aliphatic heterocycles. The van der Waals surface area contributed by atoms with Crippen molar-refractivity contribution in [2.45, 2.75) is 32.9 Å². The van der Waals surface area contributed by atoms with E-state index in [1.165, 1.54) is 0 Å². The predicted molar refractivity (Wildman–Crippen MR) is 61.2 cm³/mol. The molecule has 9 heteroatoms. The molecule has 0 unspecified atom stereocenters. The van der Waals surface area contributed by atoms with Crippen LogP contribution in [0.4, 0.5) is 13.2 Å². The average Bonchev–Trinajstić information content (AvgIpc) is 2.71. The van der Waals surface area contributed by atoms with Crippen LogP contribution in [0.25, 0.3) is 5.78 Å². The molecule has 2 aromatic heterocycles. The quantitative estimate of drug-likeness (QED) is 0.931. The van der Waals surface area contributed by atoms with E-state index in [-0.39, 0.29) is 18.6 Å². The van der Waals surface area contributed by atoms with Crippen molar-refractivity contribution >= 4 is 11.7 Å². The summed E-state index contributed by atoms with van der Waals surface area (Å²) in [5, 5.41) is 12.1. The monoisotopic (exact) mass is 288 g/mol. The van der Waals surface area contributed by atoms with Gasteiger partial charge in [0.1, 0.15) is 0 Å². The summed E-state index contributed by atoms with van der Waals surface area (Å²) < 4.78 is 38.7. The fourth-order valence-electron chi connectivity index (χ4n) is 1.92. The van der Waals surface area contributed by atoms with Crippen LogP contribution in [0.2, 0.25) is 0 Å². The lowest BCUT2D eigenvalue weighted by atomic mass is 10.1. The number of fused-ring (bicyclic) bond motifs is 1. The highest BCUT2D eigenvalue weighted by molar-refractivity contribution is 5.67. The minimum Gasteiger partial charge on any atom is -0.481 e. The van der Waals surface area contributed by atoms with Crippen molar-refractivity contribution < 1.29 is 23.1 Å². The van der Waals surface area contributed by atoms with Gasteiger partial charge in [-0.3, -0.25) is 4.79 Å². The molecule has 0 saturated carbocycles. The molecule has 20 heavy (non-hydrogen) atoms. The van der Waals surface area contributed by atoms with E-state index in [1.807, 2.05) is 0 Å². The number of halogens is 3. The Morgan fingerprint density at radius 1 is 1.30 bits per heavy atom. The van der Waals surface area contributed by atoms with Gasteiger partial charge in [-0.1, -0.05) is 0 Å². The SMILES string of the molecule is Cc1nc2nc(C(F)(F)F)nn2c(C)c1CCC(=O)O. The van der Waals surface area contributed by atoms with Gasteiger partial charge in [0.05, 0.1) is 0 Å². The predicted octanol–water partition coefficient (Wildman–Crippen LogP) is 1.78. The number of aliphatic carboxylic acids is 1. The molecule has 0 bridgehead atoms. The number of carbonyl (C=O) groups is 1. The molecular weight excluding hydrogens is 277 g/mol. The van der Waals surface area contributed by atoms with E-state index in [2.05, 4.69) is 15.1 Å².